The zero-order chi connectivity index (χ0) is 20.7. The Labute approximate surface area is 162 Å². The van der Waals surface area contributed by atoms with Gasteiger partial charge in [-0.05, 0) is 17.7 Å². The van der Waals surface area contributed by atoms with E-state index in [0.717, 1.165) is 16.9 Å². The highest BCUT2D eigenvalue weighted by atomic mass is 19.2. The SMILES string of the molecule is Nc1c2ncn([C@@H]3O[C@H](CO)[C@@H](O)[C@H]3O)c2nc[n+]1OCc1ccc(F)c(F)c1. The van der Waals surface area contributed by atoms with Crippen LogP contribution >= 0.6 is 0 Å². The van der Waals surface area contributed by atoms with Gasteiger partial charge in [-0.2, -0.15) is 0 Å². The fourth-order valence-electron chi connectivity index (χ4n) is 3.11. The zero-order valence-corrected chi connectivity index (χ0v) is 14.9. The Morgan fingerprint density at radius 2 is 2.00 bits per heavy atom. The van der Waals surface area contributed by atoms with E-state index in [4.69, 9.17) is 15.3 Å². The highest BCUT2D eigenvalue weighted by Gasteiger charge is 2.44. The summed E-state index contributed by atoms with van der Waals surface area (Å²) in [5.41, 5.74) is 6.93. The van der Waals surface area contributed by atoms with Crippen LogP contribution in [0.5, 0.6) is 0 Å². The van der Waals surface area contributed by atoms with Gasteiger partial charge in [0.25, 0.3) is 12.1 Å². The predicted molar refractivity (Wildman–Crippen MR) is 91.8 cm³/mol. The normalized spacial score (nSPS) is 24.3. The number of imidazole rings is 1. The monoisotopic (exact) mass is 410 g/mol. The molecule has 0 bridgehead atoms. The van der Waals surface area contributed by atoms with Crippen molar-refractivity contribution in [2.45, 2.75) is 31.1 Å². The standard InChI is InChI=1S/C17H17F2N5O5/c18-9-2-1-8(3-10(9)19)5-28-24-7-22-16-12(15(24)20)21-6-23(16)17-14(27)13(26)11(4-25)29-17/h1-3,6-7,11,13-14,17,20,25-27H,4-5H2/p+1/t11-,13-,14-,17-/m1/s1. The molecule has 1 aromatic carbocycles. The first kappa shape index (κ1) is 19.4. The molecule has 3 aromatic rings. The number of ether oxygens (including phenoxy) is 1. The minimum absolute atomic E-state index is 0.0723. The van der Waals surface area contributed by atoms with Crippen LogP contribution in [-0.2, 0) is 11.3 Å². The lowest BCUT2D eigenvalue weighted by Gasteiger charge is -2.15. The number of hydrogen-bond acceptors (Lipinski definition) is 8. The van der Waals surface area contributed by atoms with Gasteiger partial charge >= 0.3 is 0 Å². The van der Waals surface area contributed by atoms with Crippen LogP contribution < -0.4 is 15.3 Å². The van der Waals surface area contributed by atoms with Gasteiger partial charge in [-0.3, -0.25) is 4.57 Å². The number of aliphatic hydroxyl groups is 3. The van der Waals surface area contributed by atoms with E-state index in [1.165, 1.54) is 23.3 Å². The summed E-state index contributed by atoms with van der Waals surface area (Å²) in [5, 5.41) is 29.3. The van der Waals surface area contributed by atoms with Gasteiger partial charge in [0.1, 0.15) is 24.6 Å². The molecule has 1 saturated heterocycles. The number of nitrogens with zero attached hydrogens (tertiary/aromatic N) is 4. The Morgan fingerprint density at radius 3 is 2.69 bits per heavy atom. The van der Waals surface area contributed by atoms with Crippen LogP contribution in [0, 0.1) is 11.6 Å². The van der Waals surface area contributed by atoms with Crippen molar-refractivity contribution in [1.29, 1.82) is 0 Å². The van der Waals surface area contributed by atoms with Crippen molar-refractivity contribution in [2.24, 2.45) is 0 Å². The summed E-state index contributed by atoms with van der Waals surface area (Å²) in [6, 6.07) is 3.37. The first-order valence-corrected chi connectivity index (χ1v) is 8.63. The second kappa shape index (κ2) is 7.48. The summed E-state index contributed by atoms with van der Waals surface area (Å²) < 4.78 is 34.3. The molecule has 4 atom stereocenters. The highest BCUT2D eigenvalue weighted by molar-refractivity contribution is 5.79. The first-order chi connectivity index (χ1) is 13.9. The molecule has 5 N–H and O–H groups in total. The third-order valence-electron chi connectivity index (χ3n) is 4.68. The number of anilines is 1. The van der Waals surface area contributed by atoms with Gasteiger partial charge < -0.3 is 30.6 Å². The van der Waals surface area contributed by atoms with Crippen LogP contribution in [-0.4, -0.2) is 54.8 Å². The number of nitrogens with two attached hydrogens (primary N) is 1. The summed E-state index contributed by atoms with van der Waals surface area (Å²) in [6.45, 7) is -0.566. The van der Waals surface area contributed by atoms with Crippen LogP contribution in [0.25, 0.3) is 11.2 Å². The molecule has 0 aliphatic carbocycles. The molecule has 10 nitrogen and oxygen atoms in total. The molecule has 2 aromatic heterocycles. The average molecular weight is 410 g/mol. The second-order valence-electron chi connectivity index (χ2n) is 6.53. The topological polar surface area (TPSA) is 140 Å². The van der Waals surface area contributed by atoms with E-state index in [9.17, 15) is 24.1 Å². The molecule has 12 heteroatoms. The number of aromatic nitrogens is 4. The smallest absolute Gasteiger partial charge is 0.289 e. The molecular formula is C17H18F2N5O5+. The predicted octanol–water partition coefficient (Wildman–Crippen LogP) is -1.18. The lowest BCUT2D eigenvalue weighted by molar-refractivity contribution is -0.885. The van der Waals surface area contributed by atoms with Crippen molar-refractivity contribution >= 4 is 17.0 Å². The fourth-order valence-corrected chi connectivity index (χ4v) is 3.11. The van der Waals surface area contributed by atoms with Crippen molar-refractivity contribution in [3.05, 3.63) is 48.1 Å². The van der Waals surface area contributed by atoms with E-state index < -0.39 is 42.8 Å². The Balaban J connectivity index is 1.58. The van der Waals surface area contributed by atoms with Gasteiger partial charge in [0.15, 0.2) is 24.5 Å². The van der Waals surface area contributed by atoms with Gasteiger partial charge in [-0.1, -0.05) is 15.8 Å². The van der Waals surface area contributed by atoms with Crippen LogP contribution in [0.2, 0.25) is 0 Å². The summed E-state index contributed by atoms with van der Waals surface area (Å²) >= 11 is 0. The van der Waals surface area contributed by atoms with Crippen molar-refractivity contribution in [1.82, 2.24) is 14.5 Å². The van der Waals surface area contributed by atoms with E-state index in [2.05, 4.69) is 9.97 Å². The molecule has 0 saturated carbocycles. The molecule has 3 heterocycles. The number of aliphatic hydroxyl groups excluding tert-OH is 3. The molecule has 29 heavy (non-hydrogen) atoms. The molecule has 0 amide bonds. The van der Waals surface area contributed by atoms with Crippen molar-refractivity contribution < 1.29 is 38.4 Å². The maximum Gasteiger partial charge on any atom is 0.289 e. The number of rotatable bonds is 5. The van der Waals surface area contributed by atoms with E-state index in [1.807, 2.05) is 0 Å². The largest absolute Gasteiger partial charge is 0.394 e. The first-order valence-electron chi connectivity index (χ1n) is 8.63. The minimum atomic E-state index is -1.30. The van der Waals surface area contributed by atoms with E-state index in [-0.39, 0.29) is 23.6 Å². The van der Waals surface area contributed by atoms with Gasteiger partial charge in [0, 0.05) is 0 Å². The van der Waals surface area contributed by atoms with Gasteiger partial charge in [0.2, 0.25) is 11.2 Å². The Hall–Kier alpha value is -2.93. The summed E-state index contributed by atoms with van der Waals surface area (Å²) in [7, 11) is 0. The van der Waals surface area contributed by atoms with Gasteiger partial charge in [0.05, 0.1) is 6.61 Å². The third kappa shape index (κ3) is 3.35. The van der Waals surface area contributed by atoms with E-state index >= 15 is 0 Å². The van der Waals surface area contributed by atoms with Gasteiger partial charge in [-0.15, -0.1) is 0 Å². The maximum absolute atomic E-state index is 13.3. The third-order valence-corrected chi connectivity index (χ3v) is 4.68. The highest BCUT2D eigenvalue weighted by Crippen LogP contribution is 2.31. The van der Waals surface area contributed by atoms with Crippen molar-refractivity contribution in [3.8, 4) is 0 Å². The molecule has 4 rings (SSSR count). The van der Waals surface area contributed by atoms with E-state index in [0.29, 0.717) is 5.56 Å². The zero-order valence-electron chi connectivity index (χ0n) is 14.9. The molecule has 0 radical (unpaired) electrons. The maximum atomic E-state index is 13.3. The van der Waals surface area contributed by atoms with Crippen molar-refractivity contribution in [3.63, 3.8) is 0 Å². The van der Waals surface area contributed by atoms with Crippen LogP contribution in [0.3, 0.4) is 0 Å². The lowest BCUT2D eigenvalue weighted by atomic mass is 10.1. The molecule has 1 fully saturated rings. The molecular weight excluding hydrogens is 392 g/mol. The van der Waals surface area contributed by atoms with Crippen LogP contribution in [0.15, 0.2) is 30.9 Å². The number of fused-ring (bicyclic) bond motifs is 1. The summed E-state index contributed by atoms with van der Waals surface area (Å²) in [5.74, 6) is -1.88. The van der Waals surface area contributed by atoms with Gasteiger partial charge in [-0.25, -0.2) is 13.8 Å². The minimum Gasteiger partial charge on any atom is -0.394 e. The van der Waals surface area contributed by atoms with Crippen LogP contribution in [0.1, 0.15) is 11.8 Å². The number of halogens is 2. The summed E-state index contributed by atoms with van der Waals surface area (Å²) in [6.07, 6.45) is -1.96. The Bertz CT molecular complexity index is 1050. The molecule has 0 unspecified atom stereocenters. The molecule has 154 valence electrons. The average Bonchev–Trinajstić information content (AvgIpc) is 3.26. The van der Waals surface area contributed by atoms with Crippen molar-refractivity contribution in [2.75, 3.05) is 12.3 Å². The number of benzene rings is 1. The van der Waals surface area contributed by atoms with Crippen LogP contribution in [0.4, 0.5) is 14.6 Å². The molecule has 0 spiro atoms. The number of hydrogen-bond donors (Lipinski definition) is 4. The molecule has 1 aliphatic rings. The molecule has 1 aliphatic heterocycles. The Kier molecular flexibility index (Phi) is 5.00. The Morgan fingerprint density at radius 1 is 1.21 bits per heavy atom. The quantitative estimate of drug-likeness (QED) is 0.386. The summed E-state index contributed by atoms with van der Waals surface area (Å²) in [4.78, 5) is 13.8. The second-order valence-corrected chi connectivity index (χ2v) is 6.53. The lowest BCUT2D eigenvalue weighted by Crippen LogP contribution is -2.45. The number of nitrogen functional groups attached to an aromatic ring is 1. The van der Waals surface area contributed by atoms with E-state index in [1.54, 1.807) is 0 Å². The fraction of sp³-hybridized carbons (Fsp3) is 0.353.